The van der Waals surface area contributed by atoms with E-state index in [0.717, 1.165) is 0 Å². The molecule has 0 spiro atoms. The van der Waals surface area contributed by atoms with Crippen LogP contribution in [0.4, 0.5) is 5.69 Å². The second-order valence-corrected chi connectivity index (χ2v) is 6.19. The van der Waals surface area contributed by atoms with Crippen LogP contribution < -0.4 is 5.32 Å². The fourth-order valence-electron chi connectivity index (χ4n) is 2.29. The Morgan fingerprint density at radius 2 is 2.00 bits per heavy atom. The van der Waals surface area contributed by atoms with E-state index < -0.39 is 5.97 Å². The molecular weight excluding hydrogens is 356 g/mol. The summed E-state index contributed by atoms with van der Waals surface area (Å²) in [6.45, 7) is 2.60. The molecule has 0 fully saturated rings. The fraction of sp³-hybridized carbons (Fsp3) is 0.176. The van der Waals surface area contributed by atoms with Crippen molar-refractivity contribution in [1.29, 1.82) is 0 Å². The maximum atomic E-state index is 12.1. The summed E-state index contributed by atoms with van der Waals surface area (Å²) in [6.07, 6.45) is 1.57. The number of benzene rings is 1. The Morgan fingerprint density at radius 3 is 2.62 bits per heavy atom. The van der Waals surface area contributed by atoms with Crippen LogP contribution in [0.15, 0.2) is 52.2 Å². The third-order valence-corrected chi connectivity index (χ3v) is 4.49. The number of hydrogen-bond donors (Lipinski definition) is 2. The van der Waals surface area contributed by atoms with Gasteiger partial charge in [0, 0.05) is 12.2 Å². The number of hydrogen-bond acceptors (Lipinski definition) is 6. The van der Waals surface area contributed by atoms with Crippen LogP contribution in [0.1, 0.15) is 17.3 Å². The van der Waals surface area contributed by atoms with Gasteiger partial charge in [0.25, 0.3) is 0 Å². The smallest absolute Gasteiger partial charge is 0.335 e. The van der Waals surface area contributed by atoms with Crippen molar-refractivity contribution in [2.75, 3.05) is 11.1 Å². The molecule has 1 amide bonds. The number of anilines is 1. The molecule has 0 saturated carbocycles. The first-order chi connectivity index (χ1) is 12.6. The van der Waals surface area contributed by atoms with Crippen molar-refractivity contribution >= 4 is 29.3 Å². The molecule has 3 rings (SSSR count). The molecule has 8 nitrogen and oxygen atoms in total. The molecular formula is C17H16N4O4S. The number of carboxylic acid groups (broad SMARTS) is 1. The van der Waals surface area contributed by atoms with Crippen LogP contribution in [0, 0.1) is 0 Å². The Labute approximate surface area is 153 Å². The van der Waals surface area contributed by atoms with E-state index in [1.54, 1.807) is 30.5 Å². The molecule has 0 aliphatic carbocycles. The number of amides is 1. The normalized spacial score (nSPS) is 10.7. The minimum absolute atomic E-state index is 0.150. The minimum Gasteiger partial charge on any atom is -0.478 e. The van der Waals surface area contributed by atoms with Crippen molar-refractivity contribution in [3.63, 3.8) is 0 Å². The molecule has 0 radical (unpaired) electrons. The molecule has 134 valence electrons. The third-order valence-electron chi connectivity index (χ3n) is 3.52. The van der Waals surface area contributed by atoms with E-state index >= 15 is 0 Å². The van der Waals surface area contributed by atoms with Crippen LogP contribution in [-0.2, 0) is 11.3 Å². The summed E-state index contributed by atoms with van der Waals surface area (Å²) < 4.78 is 7.23. The first kappa shape index (κ1) is 17.7. The first-order valence-corrected chi connectivity index (χ1v) is 8.80. The summed E-state index contributed by atoms with van der Waals surface area (Å²) in [5, 5.41) is 20.5. The number of nitrogens with zero attached hydrogens (tertiary/aromatic N) is 3. The number of nitrogens with one attached hydrogen (secondary N) is 1. The number of carboxylic acids is 1. The highest BCUT2D eigenvalue weighted by Gasteiger charge is 2.16. The van der Waals surface area contributed by atoms with Crippen LogP contribution in [0.5, 0.6) is 0 Å². The molecule has 0 unspecified atom stereocenters. The largest absolute Gasteiger partial charge is 0.478 e. The van der Waals surface area contributed by atoms with E-state index in [2.05, 4.69) is 15.5 Å². The van der Waals surface area contributed by atoms with Gasteiger partial charge in [0.1, 0.15) is 0 Å². The number of rotatable bonds is 7. The van der Waals surface area contributed by atoms with E-state index in [0.29, 0.717) is 29.0 Å². The topological polar surface area (TPSA) is 110 Å². The lowest BCUT2D eigenvalue weighted by Crippen LogP contribution is -2.14. The van der Waals surface area contributed by atoms with Gasteiger partial charge >= 0.3 is 5.97 Å². The van der Waals surface area contributed by atoms with E-state index in [-0.39, 0.29) is 17.2 Å². The van der Waals surface area contributed by atoms with E-state index in [1.165, 1.54) is 23.9 Å². The summed E-state index contributed by atoms with van der Waals surface area (Å²) in [5.41, 5.74) is 0.702. The summed E-state index contributed by atoms with van der Waals surface area (Å²) >= 11 is 1.27. The lowest BCUT2D eigenvalue weighted by atomic mass is 10.2. The maximum Gasteiger partial charge on any atom is 0.335 e. The van der Waals surface area contributed by atoms with Crippen molar-refractivity contribution in [3.05, 3.63) is 48.2 Å². The van der Waals surface area contributed by atoms with Crippen molar-refractivity contribution in [1.82, 2.24) is 14.8 Å². The molecule has 26 heavy (non-hydrogen) atoms. The van der Waals surface area contributed by atoms with Gasteiger partial charge in [-0.2, -0.15) is 0 Å². The van der Waals surface area contributed by atoms with Crippen LogP contribution >= 0.6 is 11.8 Å². The number of carbonyl (C=O) groups excluding carboxylic acids is 1. The zero-order valence-electron chi connectivity index (χ0n) is 13.9. The summed E-state index contributed by atoms with van der Waals surface area (Å²) in [5.74, 6) is 0.156. The monoisotopic (exact) mass is 372 g/mol. The number of furan rings is 1. The molecule has 2 aromatic heterocycles. The van der Waals surface area contributed by atoms with Crippen molar-refractivity contribution < 1.29 is 19.1 Å². The quantitative estimate of drug-likeness (QED) is 0.613. The molecule has 0 atom stereocenters. The summed E-state index contributed by atoms with van der Waals surface area (Å²) in [6, 6.07) is 9.56. The summed E-state index contributed by atoms with van der Waals surface area (Å²) in [7, 11) is 0. The van der Waals surface area contributed by atoms with Gasteiger partial charge in [-0.05, 0) is 43.3 Å². The first-order valence-electron chi connectivity index (χ1n) is 7.81. The minimum atomic E-state index is -1.01. The molecule has 0 aliphatic heterocycles. The Kier molecular flexibility index (Phi) is 5.37. The predicted octanol–water partition coefficient (Wildman–Crippen LogP) is 2.99. The highest BCUT2D eigenvalue weighted by atomic mass is 32.2. The van der Waals surface area contributed by atoms with Gasteiger partial charge in [-0.25, -0.2) is 4.79 Å². The van der Waals surface area contributed by atoms with Crippen molar-refractivity contribution in [2.24, 2.45) is 0 Å². The Morgan fingerprint density at radius 1 is 1.23 bits per heavy atom. The molecule has 3 aromatic rings. The zero-order chi connectivity index (χ0) is 18.5. The molecule has 0 aliphatic rings. The molecule has 0 bridgehead atoms. The SMILES string of the molecule is CCn1c(SCC(=O)Nc2ccc(C(=O)O)cc2)nnc1-c1ccco1. The highest BCUT2D eigenvalue weighted by molar-refractivity contribution is 7.99. The highest BCUT2D eigenvalue weighted by Crippen LogP contribution is 2.24. The molecule has 2 N–H and O–H groups in total. The van der Waals surface area contributed by atoms with Crippen molar-refractivity contribution in [3.8, 4) is 11.6 Å². The lowest BCUT2D eigenvalue weighted by Gasteiger charge is -2.07. The maximum absolute atomic E-state index is 12.1. The second kappa shape index (κ2) is 7.87. The number of thioether (sulfide) groups is 1. The number of carbonyl (C=O) groups is 2. The third kappa shape index (κ3) is 3.94. The van der Waals surface area contributed by atoms with Gasteiger partial charge in [-0.15, -0.1) is 10.2 Å². The van der Waals surface area contributed by atoms with Gasteiger partial charge in [-0.1, -0.05) is 11.8 Å². The number of aromatic nitrogens is 3. The molecule has 1 aromatic carbocycles. The van der Waals surface area contributed by atoms with Crippen LogP contribution in [0.2, 0.25) is 0 Å². The van der Waals surface area contributed by atoms with E-state index in [4.69, 9.17) is 9.52 Å². The fourth-order valence-corrected chi connectivity index (χ4v) is 3.09. The van der Waals surface area contributed by atoms with Gasteiger partial charge < -0.3 is 14.8 Å². The Hall–Kier alpha value is -3.07. The van der Waals surface area contributed by atoms with Gasteiger partial charge in [0.2, 0.25) is 5.91 Å². The van der Waals surface area contributed by atoms with E-state index in [1.807, 2.05) is 11.5 Å². The Bertz CT molecular complexity index is 904. The Balaban J connectivity index is 1.62. The van der Waals surface area contributed by atoms with Crippen molar-refractivity contribution in [2.45, 2.75) is 18.6 Å². The van der Waals surface area contributed by atoms with Crippen LogP contribution in [0.25, 0.3) is 11.6 Å². The van der Waals surface area contributed by atoms with E-state index in [9.17, 15) is 9.59 Å². The standard InChI is InChI=1S/C17H16N4O4S/c1-2-21-15(13-4-3-9-25-13)19-20-17(21)26-10-14(22)18-12-7-5-11(6-8-12)16(23)24/h3-9H,2,10H2,1H3,(H,18,22)(H,23,24). The lowest BCUT2D eigenvalue weighted by molar-refractivity contribution is -0.113. The van der Waals surface area contributed by atoms with Gasteiger partial charge in [0.15, 0.2) is 16.7 Å². The molecule has 2 heterocycles. The van der Waals surface area contributed by atoms with Crippen LogP contribution in [0.3, 0.4) is 0 Å². The van der Waals surface area contributed by atoms with Gasteiger partial charge in [-0.3, -0.25) is 9.36 Å². The average Bonchev–Trinajstić information content (AvgIpc) is 3.29. The average molecular weight is 372 g/mol. The van der Waals surface area contributed by atoms with Gasteiger partial charge in [0.05, 0.1) is 17.6 Å². The predicted molar refractivity (Wildman–Crippen MR) is 96.2 cm³/mol. The molecule has 9 heteroatoms. The summed E-state index contributed by atoms with van der Waals surface area (Å²) in [4.78, 5) is 22.9. The molecule has 0 saturated heterocycles. The van der Waals surface area contributed by atoms with Crippen LogP contribution in [-0.4, -0.2) is 37.5 Å². The second-order valence-electron chi connectivity index (χ2n) is 5.25. The zero-order valence-corrected chi connectivity index (χ0v) is 14.7. The number of aromatic carboxylic acids is 1.